The van der Waals surface area contributed by atoms with Gasteiger partial charge in [-0.15, -0.1) is 0 Å². The van der Waals surface area contributed by atoms with Crippen LogP contribution in [0.5, 0.6) is 0 Å². The summed E-state index contributed by atoms with van der Waals surface area (Å²) in [6.45, 7) is 6.57. The van der Waals surface area contributed by atoms with E-state index in [1.807, 2.05) is 0 Å². The number of ether oxygens (including phenoxy) is 1. The molecule has 31 heavy (non-hydrogen) atoms. The Kier molecular flexibility index (Phi) is 36.2. The summed E-state index contributed by atoms with van der Waals surface area (Å²) in [4.78, 5) is 0. The molecule has 0 aromatic rings. The summed E-state index contributed by atoms with van der Waals surface area (Å²) in [6.07, 6.45) is 28.2. The molecule has 0 aliphatic carbocycles. The van der Waals surface area contributed by atoms with Crippen LogP contribution < -0.4 is 29.6 Å². The van der Waals surface area contributed by atoms with Gasteiger partial charge in [0.2, 0.25) is 0 Å². The van der Waals surface area contributed by atoms with Gasteiger partial charge in [-0.25, -0.2) is 0 Å². The van der Waals surface area contributed by atoms with E-state index >= 15 is 0 Å². The fourth-order valence-electron chi connectivity index (χ4n) is 3.49. The zero-order valence-corrected chi connectivity index (χ0v) is 23.9. The summed E-state index contributed by atoms with van der Waals surface area (Å²) in [5, 5.41) is 0. The first kappa shape index (κ1) is 36.4. The van der Waals surface area contributed by atoms with E-state index < -0.39 is 10.4 Å². The predicted octanol–water partition coefficient (Wildman–Crippen LogP) is 5.31. The molecule has 2 N–H and O–H groups in total. The Morgan fingerprint density at radius 3 is 0.935 bits per heavy atom. The maximum Gasteiger partial charge on any atom is 1.00 e. The molecule has 186 valence electrons. The molecule has 0 saturated carbocycles. The van der Waals surface area contributed by atoms with Crippen molar-refractivity contribution in [2.24, 2.45) is 0 Å². The molecular weight excluding hydrogens is 423 g/mol. The Balaban J connectivity index is -0.000000501. The summed E-state index contributed by atoms with van der Waals surface area (Å²) >= 11 is 0. The third kappa shape index (κ3) is 49.2. The van der Waals surface area contributed by atoms with Gasteiger partial charge >= 0.3 is 40.0 Å². The molecule has 0 aliphatic heterocycles. The van der Waals surface area contributed by atoms with Gasteiger partial charge in [-0.05, 0) is 12.8 Å². The van der Waals surface area contributed by atoms with E-state index in [0.717, 1.165) is 13.2 Å². The number of hydrogen-bond acceptors (Lipinski definition) is 3. The summed E-state index contributed by atoms with van der Waals surface area (Å²) in [7, 11) is -4.67. The van der Waals surface area contributed by atoms with Crippen LogP contribution in [0.3, 0.4) is 0 Å². The van der Waals surface area contributed by atoms with E-state index in [9.17, 15) is 0 Å². The number of rotatable bonds is 22. The van der Waals surface area contributed by atoms with E-state index in [1.165, 1.54) is 128 Å². The van der Waals surface area contributed by atoms with Crippen molar-refractivity contribution in [3.63, 3.8) is 0 Å². The quantitative estimate of drug-likeness (QED) is 0.126. The normalized spacial score (nSPS) is 11.0. The second kappa shape index (κ2) is 30.8. The Hall–Kier alpha value is 0.830. The van der Waals surface area contributed by atoms with Crippen molar-refractivity contribution >= 4 is 10.4 Å². The molecule has 0 heterocycles. The first-order valence-corrected chi connectivity index (χ1v) is 14.1. The minimum atomic E-state index is -4.67. The Labute approximate surface area is 218 Å². The number of hydrogen-bond donors (Lipinski definition) is 2. The Bertz CT molecular complexity index is 381. The Morgan fingerprint density at radius 2 is 0.710 bits per heavy atom. The van der Waals surface area contributed by atoms with Crippen molar-refractivity contribution in [2.45, 2.75) is 142 Å². The topological polar surface area (TPSA) is 83.8 Å². The molecule has 0 unspecified atom stereocenters. The first-order chi connectivity index (χ1) is 14.4. The van der Waals surface area contributed by atoms with Gasteiger partial charge in [-0.3, -0.25) is 9.11 Å². The van der Waals surface area contributed by atoms with Gasteiger partial charge in [-0.2, -0.15) is 8.42 Å². The van der Waals surface area contributed by atoms with Crippen molar-refractivity contribution in [1.82, 2.24) is 0 Å². The second-order valence-corrected chi connectivity index (χ2v) is 9.32. The van der Waals surface area contributed by atoms with Gasteiger partial charge in [-0.1, -0.05) is 129 Å². The third-order valence-electron chi connectivity index (χ3n) is 5.28. The summed E-state index contributed by atoms with van der Waals surface area (Å²) in [6, 6.07) is 0. The predicted molar refractivity (Wildman–Crippen MR) is 130 cm³/mol. The molecule has 0 rings (SSSR count). The van der Waals surface area contributed by atoms with Crippen LogP contribution in [0.4, 0.5) is 0 Å². The van der Waals surface area contributed by atoms with Gasteiger partial charge in [0.1, 0.15) is 0 Å². The molecule has 0 radical (unpaired) electrons. The van der Waals surface area contributed by atoms with Crippen LogP contribution in [-0.4, -0.2) is 30.7 Å². The number of unbranched alkanes of at least 4 members (excludes halogenated alkanes) is 18. The van der Waals surface area contributed by atoms with Gasteiger partial charge < -0.3 is 6.16 Å². The van der Waals surface area contributed by atoms with Gasteiger partial charge in [0.15, 0.2) is 0 Å². The SMILES string of the molecule is CCCCCCCCCCCCOCCCCCCCCCCCC.O=S(=O)(O)O.[H-].[Na+]. The van der Waals surface area contributed by atoms with E-state index in [1.54, 1.807) is 0 Å². The third-order valence-corrected chi connectivity index (χ3v) is 5.28. The fraction of sp³-hybridized carbons (Fsp3) is 1.00. The van der Waals surface area contributed by atoms with Gasteiger partial charge in [0.25, 0.3) is 0 Å². The molecule has 0 saturated heterocycles. The maximum absolute atomic E-state index is 8.74. The molecule has 0 aromatic heterocycles. The molecule has 0 aromatic carbocycles. The van der Waals surface area contributed by atoms with Crippen LogP contribution in [0.25, 0.3) is 0 Å². The minimum absolute atomic E-state index is 0. The average molecular weight is 477 g/mol. The van der Waals surface area contributed by atoms with Crippen LogP contribution >= 0.6 is 0 Å². The molecule has 0 spiro atoms. The molecule has 0 amide bonds. The van der Waals surface area contributed by atoms with Gasteiger partial charge in [0, 0.05) is 13.2 Å². The zero-order chi connectivity index (χ0) is 22.8. The van der Waals surface area contributed by atoms with Crippen LogP contribution in [0.2, 0.25) is 0 Å². The summed E-state index contributed by atoms with van der Waals surface area (Å²) < 4.78 is 37.4. The molecule has 7 heteroatoms. The van der Waals surface area contributed by atoms with E-state index in [0.29, 0.717) is 0 Å². The smallest absolute Gasteiger partial charge is 1.00 e. The van der Waals surface area contributed by atoms with Crippen molar-refractivity contribution in [2.75, 3.05) is 13.2 Å². The molecule has 0 bridgehead atoms. The van der Waals surface area contributed by atoms with Crippen LogP contribution in [0.15, 0.2) is 0 Å². The zero-order valence-electron chi connectivity index (χ0n) is 22.1. The van der Waals surface area contributed by atoms with Crippen molar-refractivity contribution in [3.05, 3.63) is 0 Å². The van der Waals surface area contributed by atoms with Crippen molar-refractivity contribution < 1.29 is 53.2 Å². The standard InChI is InChI=1S/C24H50O.Na.H2O4S.H/c1-3-5-7-9-11-13-15-17-19-21-23-25-24-22-20-18-16-14-12-10-8-6-4-2;;1-5(2,3)4;/h3-24H2,1-2H3;;(H2,1,2,3,4);/q;+1;;-1. The first-order valence-electron chi connectivity index (χ1n) is 12.7. The summed E-state index contributed by atoms with van der Waals surface area (Å²) in [5.41, 5.74) is 0. The average Bonchev–Trinajstić information content (AvgIpc) is 2.68. The fourth-order valence-corrected chi connectivity index (χ4v) is 3.49. The summed E-state index contributed by atoms with van der Waals surface area (Å²) in [5.74, 6) is 0. The van der Waals surface area contributed by atoms with E-state index in [-0.39, 0.29) is 31.0 Å². The van der Waals surface area contributed by atoms with Crippen LogP contribution in [0.1, 0.15) is 144 Å². The Morgan fingerprint density at radius 1 is 0.516 bits per heavy atom. The second-order valence-electron chi connectivity index (χ2n) is 8.42. The van der Waals surface area contributed by atoms with Crippen molar-refractivity contribution in [3.8, 4) is 0 Å². The van der Waals surface area contributed by atoms with Crippen LogP contribution in [0, 0.1) is 0 Å². The molecule has 0 aliphatic rings. The van der Waals surface area contributed by atoms with E-state index in [4.69, 9.17) is 22.3 Å². The largest absolute Gasteiger partial charge is 1.00 e. The molecule has 0 atom stereocenters. The maximum atomic E-state index is 8.74. The van der Waals surface area contributed by atoms with Crippen molar-refractivity contribution in [1.29, 1.82) is 0 Å². The molecular formula is C24H53NaO5S. The van der Waals surface area contributed by atoms with E-state index in [2.05, 4.69) is 13.8 Å². The van der Waals surface area contributed by atoms with Gasteiger partial charge in [0.05, 0.1) is 0 Å². The monoisotopic (exact) mass is 476 g/mol. The van der Waals surface area contributed by atoms with Crippen LogP contribution in [-0.2, 0) is 15.1 Å². The molecule has 5 nitrogen and oxygen atoms in total. The minimum Gasteiger partial charge on any atom is -1.00 e. The molecule has 0 fully saturated rings.